The van der Waals surface area contributed by atoms with Crippen LogP contribution < -0.4 is 11.2 Å². The maximum Gasteiger partial charge on any atom is 0.329 e. The lowest BCUT2D eigenvalue weighted by molar-refractivity contribution is 0.392. The van der Waals surface area contributed by atoms with E-state index in [1.54, 1.807) is 7.05 Å². The monoisotopic (exact) mass is 356 g/mol. The fourth-order valence-electron chi connectivity index (χ4n) is 2.55. The zero-order chi connectivity index (χ0) is 15.6. The van der Waals surface area contributed by atoms with Crippen molar-refractivity contribution in [1.82, 2.24) is 19.1 Å². The Morgan fingerprint density at radius 2 is 2.05 bits per heavy atom. The molecule has 0 saturated carbocycles. The third-order valence-corrected chi connectivity index (χ3v) is 4.55. The van der Waals surface area contributed by atoms with E-state index in [2.05, 4.69) is 39.7 Å². The molecule has 0 aliphatic carbocycles. The second kappa shape index (κ2) is 6.60. The number of H-pyrrole nitrogens is 1. The highest BCUT2D eigenvalue weighted by Gasteiger charge is 2.18. The third kappa shape index (κ3) is 3.12. The molecule has 1 unspecified atom stereocenters. The topological polar surface area (TPSA) is 72.7 Å². The van der Waals surface area contributed by atoms with Crippen molar-refractivity contribution >= 4 is 27.1 Å². The van der Waals surface area contributed by atoms with Gasteiger partial charge >= 0.3 is 5.69 Å². The van der Waals surface area contributed by atoms with Crippen molar-refractivity contribution in [2.75, 3.05) is 0 Å². The number of nitrogens with one attached hydrogen (secondary N) is 1. The summed E-state index contributed by atoms with van der Waals surface area (Å²) in [5.41, 5.74) is 0.0548. The molecule has 7 heteroatoms. The summed E-state index contributed by atoms with van der Waals surface area (Å²) in [6, 6.07) is 0. The lowest BCUT2D eigenvalue weighted by atomic mass is 9.99. The van der Waals surface area contributed by atoms with Crippen LogP contribution in [0.3, 0.4) is 0 Å². The smallest absolute Gasteiger partial charge is 0.312 e. The molecule has 0 fully saturated rings. The van der Waals surface area contributed by atoms with Gasteiger partial charge in [0.2, 0.25) is 0 Å². The largest absolute Gasteiger partial charge is 0.329 e. The second-order valence-corrected chi connectivity index (χ2v) is 6.11. The summed E-state index contributed by atoms with van der Waals surface area (Å²) in [7, 11) is 1.61. The minimum absolute atomic E-state index is 0.378. The molecule has 0 aromatic carbocycles. The van der Waals surface area contributed by atoms with Gasteiger partial charge in [-0.25, -0.2) is 9.78 Å². The van der Waals surface area contributed by atoms with Crippen LogP contribution in [0.25, 0.3) is 11.2 Å². The molecule has 2 aromatic heterocycles. The molecule has 1 N–H and O–H groups in total. The normalized spacial score (nSPS) is 13.0. The van der Waals surface area contributed by atoms with Crippen LogP contribution in [0.4, 0.5) is 0 Å². The van der Waals surface area contributed by atoms with E-state index < -0.39 is 5.69 Å². The van der Waals surface area contributed by atoms with Gasteiger partial charge in [-0.05, 0) is 28.3 Å². The van der Waals surface area contributed by atoms with Crippen molar-refractivity contribution in [2.24, 2.45) is 13.0 Å². The quantitative estimate of drug-likeness (QED) is 0.807. The first kappa shape index (κ1) is 16.0. The molecule has 0 aliphatic rings. The lowest BCUT2D eigenvalue weighted by Gasteiger charge is -2.16. The summed E-state index contributed by atoms with van der Waals surface area (Å²) in [5.74, 6) is 0.496. The highest BCUT2D eigenvalue weighted by molar-refractivity contribution is 9.10. The predicted octanol–water partition coefficient (Wildman–Crippen LogP) is 2.40. The molecular formula is C14H21BrN4O2. The third-order valence-electron chi connectivity index (χ3n) is 3.94. The average Bonchev–Trinajstić information content (AvgIpc) is 2.78. The van der Waals surface area contributed by atoms with Crippen molar-refractivity contribution in [2.45, 2.75) is 46.1 Å². The number of aromatic amines is 1. The Kier molecular flexibility index (Phi) is 5.03. The van der Waals surface area contributed by atoms with Gasteiger partial charge in [0.1, 0.15) is 0 Å². The van der Waals surface area contributed by atoms with E-state index >= 15 is 0 Å². The van der Waals surface area contributed by atoms with E-state index in [0.717, 1.165) is 25.8 Å². The summed E-state index contributed by atoms with van der Waals surface area (Å²) >= 11 is 3.41. The van der Waals surface area contributed by atoms with E-state index in [4.69, 9.17) is 0 Å². The second-order valence-electron chi connectivity index (χ2n) is 5.40. The summed E-state index contributed by atoms with van der Waals surface area (Å²) < 4.78 is 3.83. The fraction of sp³-hybridized carbons (Fsp3) is 0.643. The molecule has 6 nitrogen and oxygen atoms in total. The molecule has 21 heavy (non-hydrogen) atoms. The number of nitrogens with zero attached hydrogens (tertiary/aromatic N) is 3. The van der Waals surface area contributed by atoms with Crippen LogP contribution in [0, 0.1) is 5.92 Å². The number of aryl methyl sites for hydroxylation is 1. The van der Waals surface area contributed by atoms with Crippen molar-refractivity contribution in [3.05, 3.63) is 25.6 Å². The first-order valence-electron chi connectivity index (χ1n) is 7.34. The number of fused-ring (bicyclic) bond motifs is 1. The summed E-state index contributed by atoms with van der Waals surface area (Å²) in [6.07, 6.45) is 4.52. The Balaban J connectivity index is 2.49. The number of aromatic nitrogens is 4. The van der Waals surface area contributed by atoms with Gasteiger partial charge in [-0.2, -0.15) is 0 Å². The van der Waals surface area contributed by atoms with Crippen molar-refractivity contribution in [1.29, 1.82) is 0 Å². The minimum Gasteiger partial charge on any atom is -0.312 e. The molecule has 0 radical (unpaired) electrons. The van der Waals surface area contributed by atoms with E-state index in [9.17, 15) is 9.59 Å². The fourth-order valence-corrected chi connectivity index (χ4v) is 3.04. The zero-order valence-electron chi connectivity index (χ0n) is 12.6. The van der Waals surface area contributed by atoms with Gasteiger partial charge in [-0.1, -0.05) is 33.1 Å². The van der Waals surface area contributed by atoms with Crippen LogP contribution in [0.2, 0.25) is 0 Å². The maximum atomic E-state index is 12.1. The molecule has 0 aliphatic heterocycles. The standard InChI is InChI=1S/C14H21BrN4O2/c1-4-6-7-9(5-2)8-19-10-11(16-13(19)15)18(3)14(21)17-12(10)20/h9H,4-8H2,1-3H3,(H,17,20,21). The van der Waals surface area contributed by atoms with Gasteiger partial charge in [0.05, 0.1) is 0 Å². The van der Waals surface area contributed by atoms with E-state index in [1.807, 2.05) is 4.57 Å². The van der Waals surface area contributed by atoms with E-state index in [0.29, 0.717) is 21.8 Å². The molecule has 1 atom stereocenters. The molecule has 0 saturated heterocycles. The first-order chi connectivity index (χ1) is 9.99. The highest BCUT2D eigenvalue weighted by Crippen LogP contribution is 2.21. The Hall–Kier alpha value is -1.37. The van der Waals surface area contributed by atoms with Gasteiger partial charge in [-0.15, -0.1) is 0 Å². The maximum absolute atomic E-state index is 12.1. The summed E-state index contributed by atoms with van der Waals surface area (Å²) in [6.45, 7) is 5.07. The van der Waals surface area contributed by atoms with Gasteiger partial charge < -0.3 is 4.57 Å². The van der Waals surface area contributed by atoms with Crippen molar-refractivity contribution in [3.8, 4) is 0 Å². The number of imidazole rings is 1. The number of hydrogen-bond acceptors (Lipinski definition) is 3. The average molecular weight is 357 g/mol. The number of unbranched alkanes of at least 4 members (excludes halogenated alkanes) is 1. The Morgan fingerprint density at radius 3 is 2.67 bits per heavy atom. The highest BCUT2D eigenvalue weighted by atomic mass is 79.9. The summed E-state index contributed by atoms with van der Waals surface area (Å²) in [5, 5.41) is 0. The van der Waals surface area contributed by atoms with Crippen LogP contribution >= 0.6 is 15.9 Å². The molecule has 0 spiro atoms. The Morgan fingerprint density at radius 1 is 1.33 bits per heavy atom. The number of rotatable bonds is 6. The number of hydrogen-bond donors (Lipinski definition) is 1. The lowest BCUT2D eigenvalue weighted by Crippen LogP contribution is -2.29. The Bertz CT molecular complexity index is 744. The van der Waals surface area contributed by atoms with Crippen LogP contribution in [0.15, 0.2) is 14.3 Å². The van der Waals surface area contributed by atoms with E-state index in [1.165, 1.54) is 11.0 Å². The first-order valence-corrected chi connectivity index (χ1v) is 8.13. The van der Waals surface area contributed by atoms with Crippen LogP contribution in [0.5, 0.6) is 0 Å². The van der Waals surface area contributed by atoms with Crippen LogP contribution in [0.1, 0.15) is 39.5 Å². The predicted molar refractivity (Wildman–Crippen MR) is 86.6 cm³/mol. The Labute approximate surface area is 131 Å². The van der Waals surface area contributed by atoms with Gasteiger partial charge in [0.25, 0.3) is 5.56 Å². The van der Waals surface area contributed by atoms with Crippen LogP contribution in [-0.2, 0) is 13.6 Å². The zero-order valence-corrected chi connectivity index (χ0v) is 14.2. The van der Waals surface area contributed by atoms with Crippen LogP contribution in [-0.4, -0.2) is 19.1 Å². The van der Waals surface area contributed by atoms with Gasteiger partial charge in [0, 0.05) is 13.6 Å². The molecule has 2 rings (SSSR count). The molecule has 0 bridgehead atoms. The molecule has 2 heterocycles. The molecule has 2 aromatic rings. The van der Waals surface area contributed by atoms with Gasteiger partial charge in [0.15, 0.2) is 15.9 Å². The SMILES string of the molecule is CCCCC(CC)Cn1c(Br)nc2c1c(=O)[nH]c(=O)n2C. The van der Waals surface area contributed by atoms with E-state index in [-0.39, 0.29) is 5.56 Å². The molecular weight excluding hydrogens is 336 g/mol. The van der Waals surface area contributed by atoms with Crippen molar-refractivity contribution < 1.29 is 0 Å². The van der Waals surface area contributed by atoms with Gasteiger partial charge in [-0.3, -0.25) is 14.3 Å². The summed E-state index contributed by atoms with van der Waals surface area (Å²) in [4.78, 5) is 30.4. The molecule has 116 valence electrons. The van der Waals surface area contributed by atoms with Crippen molar-refractivity contribution in [3.63, 3.8) is 0 Å². The molecule has 0 amide bonds. The minimum atomic E-state index is -0.442. The number of halogens is 1.